The zero-order chi connectivity index (χ0) is 10.7. The molecular weight excluding hydrogens is 188 g/mol. The van der Waals surface area contributed by atoms with Gasteiger partial charge in [0.2, 0.25) is 0 Å². The fraction of sp³-hybridized carbons (Fsp3) is 0.250. The van der Waals surface area contributed by atoms with Crippen molar-refractivity contribution in [1.82, 2.24) is 4.98 Å². The number of hydrogen-bond donors (Lipinski definition) is 0. The molecule has 0 bridgehead atoms. The average molecular weight is 196 g/mol. The summed E-state index contributed by atoms with van der Waals surface area (Å²) in [5, 5.41) is 10.4. The first-order chi connectivity index (χ1) is 6.54. The lowest BCUT2D eigenvalue weighted by molar-refractivity contribution is -0.385. The number of ether oxygens (including phenoxy) is 1. The summed E-state index contributed by atoms with van der Waals surface area (Å²) in [7, 11) is 1.19. The Morgan fingerprint density at radius 2 is 2.21 bits per heavy atom. The van der Waals surface area contributed by atoms with Gasteiger partial charge in [0.25, 0.3) is 5.69 Å². The quantitative estimate of drug-likeness (QED) is 0.401. The standard InChI is InChI=1S/C8H8N2O4/c1-5-3-6(10(12)13)4-7(9-5)8(11)14-2/h3-4H,1-2H3. The molecule has 6 heteroatoms. The molecule has 0 spiro atoms. The van der Waals surface area contributed by atoms with Crippen LogP contribution in [-0.4, -0.2) is 23.0 Å². The van der Waals surface area contributed by atoms with E-state index < -0.39 is 10.9 Å². The molecule has 0 fully saturated rings. The van der Waals surface area contributed by atoms with Crippen molar-refractivity contribution >= 4 is 11.7 Å². The van der Waals surface area contributed by atoms with Crippen LogP contribution in [0, 0.1) is 17.0 Å². The number of aryl methyl sites for hydroxylation is 1. The number of nitro groups is 1. The number of carbonyl (C=O) groups is 1. The van der Waals surface area contributed by atoms with Gasteiger partial charge in [-0.25, -0.2) is 9.78 Å². The summed E-state index contributed by atoms with van der Waals surface area (Å²) in [5.41, 5.74) is 0.178. The maximum Gasteiger partial charge on any atom is 0.356 e. The van der Waals surface area contributed by atoms with Crippen molar-refractivity contribution in [3.05, 3.63) is 33.6 Å². The van der Waals surface area contributed by atoms with Gasteiger partial charge in [0, 0.05) is 17.8 Å². The van der Waals surface area contributed by atoms with E-state index in [1.807, 2.05) is 0 Å². The smallest absolute Gasteiger partial charge is 0.356 e. The molecule has 0 saturated carbocycles. The van der Waals surface area contributed by atoms with Gasteiger partial charge >= 0.3 is 5.97 Å². The molecule has 74 valence electrons. The highest BCUT2D eigenvalue weighted by Gasteiger charge is 2.14. The number of aromatic nitrogens is 1. The number of rotatable bonds is 2. The van der Waals surface area contributed by atoms with Crippen LogP contribution >= 0.6 is 0 Å². The first-order valence-electron chi connectivity index (χ1n) is 3.76. The average Bonchev–Trinajstić information content (AvgIpc) is 2.15. The van der Waals surface area contributed by atoms with Gasteiger partial charge in [0.1, 0.15) is 0 Å². The molecule has 0 saturated heterocycles. The normalized spacial score (nSPS) is 9.57. The summed E-state index contributed by atoms with van der Waals surface area (Å²) in [4.78, 5) is 24.7. The van der Waals surface area contributed by atoms with E-state index in [4.69, 9.17) is 0 Å². The minimum absolute atomic E-state index is 0.0563. The topological polar surface area (TPSA) is 82.3 Å². The number of hydrogen-bond acceptors (Lipinski definition) is 5. The monoisotopic (exact) mass is 196 g/mol. The molecule has 1 aromatic heterocycles. The minimum atomic E-state index is -0.684. The predicted octanol–water partition coefficient (Wildman–Crippen LogP) is 1.08. The Bertz CT molecular complexity index is 389. The van der Waals surface area contributed by atoms with E-state index in [0.29, 0.717) is 5.69 Å². The summed E-state index contributed by atoms with van der Waals surface area (Å²) >= 11 is 0. The molecule has 14 heavy (non-hydrogen) atoms. The third kappa shape index (κ3) is 2.03. The molecule has 1 rings (SSSR count). The molecule has 0 aliphatic rings. The van der Waals surface area contributed by atoms with Gasteiger partial charge in [-0.2, -0.15) is 0 Å². The summed E-state index contributed by atoms with van der Waals surface area (Å²) in [6.07, 6.45) is 0. The molecule has 0 radical (unpaired) electrons. The SMILES string of the molecule is COC(=O)c1cc([N+](=O)[O-])cc(C)n1. The molecule has 0 aromatic carbocycles. The Labute approximate surface area is 79.7 Å². The fourth-order valence-corrected chi connectivity index (χ4v) is 0.965. The third-order valence-electron chi connectivity index (χ3n) is 1.54. The molecule has 1 aromatic rings. The number of pyridine rings is 1. The minimum Gasteiger partial charge on any atom is -0.464 e. The predicted molar refractivity (Wildman–Crippen MR) is 47.0 cm³/mol. The van der Waals surface area contributed by atoms with Gasteiger partial charge < -0.3 is 4.74 Å². The first kappa shape index (κ1) is 10.1. The molecule has 0 aliphatic carbocycles. The van der Waals surface area contributed by atoms with Crippen LogP contribution in [0.2, 0.25) is 0 Å². The van der Waals surface area contributed by atoms with Crippen LogP contribution in [0.15, 0.2) is 12.1 Å². The molecule has 0 amide bonds. The zero-order valence-electron chi connectivity index (χ0n) is 7.68. The Kier molecular flexibility index (Phi) is 2.76. The van der Waals surface area contributed by atoms with Crippen molar-refractivity contribution in [3.63, 3.8) is 0 Å². The molecule has 0 unspecified atom stereocenters. The van der Waals surface area contributed by atoms with Gasteiger partial charge in [-0.15, -0.1) is 0 Å². The van der Waals surface area contributed by atoms with E-state index in [9.17, 15) is 14.9 Å². The first-order valence-corrected chi connectivity index (χ1v) is 3.76. The highest BCUT2D eigenvalue weighted by molar-refractivity contribution is 5.87. The summed E-state index contributed by atoms with van der Waals surface area (Å²) in [6.45, 7) is 1.57. The van der Waals surface area contributed by atoms with Crippen LogP contribution < -0.4 is 0 Å². The van der Waals surface area contributed by atoms with Crippen molar-refractivity contribution in [1.29, 1.82) is 0 Å². The van der Waals surface area contributed by atoms with Crippen molar-refractivity contribution in [2.75, 3.05) is 7.11 Å². The molecule has 6 nitrogen and oxygen atoms in total. The van der Waals surface area contributed by atoms with E-state index in [1.54, 1.807) is 6.92 Å². The van der Waals surface area contributed by atoms with Crippen LogP contribution in [0.3, 0.4) is 0 Å². The van der Waals surface area contributed by atoms with Crippen LogP contribution in [0.5, 0.6) is 0 Å². The number of esters is 1. The highest BCUT2D eigenvalue weighted by atomic mass is 16.6. The van der Waals surface area contributed by atoms with Crippen molar-refractivity contribution in [2.24, 2.45) is 0 Å². The van der Waals surface area contributed by atoms with Crippen LogP contribution in [0.25, 0.3) is 0 Å². The number of nitrogens with zero attached hydrogens (tertiary/aromatic N) is 2. The lowest BCUT2D eigenvalue weighted by atomic mass is 10.3. The summed E-state index contributed by atoms with van der Waals surface area (Å²) in [6, 6.07) is 2.37. The van der Waals surface area contributed by atoms with Crippen LogP contribution in [0.4, 0.5) is 5.69 Å². The fourth-order valence-electron chi connectivity index (χ4n) is 0.965. The maximum atomic E-state index is 11.0. The maximum absolute atomic E-state index is 11.0. The van der Waals surface area contributed by atoms with E-state index >= 15 is 0 Å². The van der Waals surface area contributed by atoms with E-state index in [1.165, 1.54) is 13.2 Å². The Hall–Kier alpha value is -1.98. The second kappa shape index (κ2) is 3.82. The van der Waals surface area contributed by atoms with Crippen LogP contribution in [-0.2, 0) is 4.74 Å². The zero-order valence-corrected chi connectivity index (χ0v) is 7.68. The van der Waals surface area contributed by atoms with Crippen molar-refractivity contribution in [3.8, 4) is 0 Å². The molecular formula is C8H8N2O4. The molecule has 0 aliphatic heterocycles. The van der Waals surface area contributed by atoms with E-state index in [2.05, 4.69) is 9.72 Å². The van der Waals surface area contributed by atoms with Crippen molar-refractivity contribution in [2.45, 2.75) is 6.92 Å². The molecule has 0 N–H and O–H groups in total. The summed E-state index contributed by atoms with van der Waals surface area (Å²) in [5.74, 6) is -0.684. The van der Waals surface area contributed by atoms with E-state index in [0.717, 1.165) is 6.07 Å². The van der Waals surface area contributed by atoms with Gasteiger partial charge in [-0.05, 0) is 6.92 Å². The Morgan fingerprint density at radius 1 is 1.57 bits per heavy atom. The third-order valence-corrected chi connectivity index (χ3v) is 1.54. The number of methoxy groups -OCH3 is 1. The second-order valence-corrected chi connectivity index (χ2v) is 2.60. The van der Waals surface area contributed by atoms with Crippen molar-refractivity contribution < 1.29 is 14.5 Å². The largest absolute Gasteiger partial charge is 0.464 e. The van der Waals surface area contributed by atoms with Gasteiger partial charge in [0.15, 0.2) is 5.69 Å². The second-order valence-electron chi connectivity index (χ2n) is 2.60. The highest BCUT2D eigenvalue weighted by Crippen LogP contribution is 2.14. The Morgan fingerprint density at radius 3 is 2.71 bits per heavy atom. The lowest BCUT2D eigenvalue weighted by Gasteiger charge is -1.99. The summed E-state index contributed by atoms with van der Waals surface area (Å²) < 4.78 is 4.40. The van der Waals surface area contributed by atoms with Gasteiger partial charge in [-0.1, -0.05) is 0 Å². The van der Waals surface area contributed by atoms with Crippen LogP contribution in [0.1, 0.15) is 16.2 Å². The Balaban J connectivity index is 3.20. The lowest BCUT2D eigenvalue weighted by Crippen LogP contribution is -2.06. The molecule has 1 heterocycles. The van der Waals surface area contributed by atoms with Gasteiger partial charge in [-0.3, -0.25) is 10.1 Å². The molecule has 0 atom stereocenters. The number of carbonyl (C=O) groups excluding carboxylic acids is 1. The van der Waals surface area contributed by atoms with Gasteiger partial charge in [0.05, 0.1) is 12.0 Å². The van der Waals surface area contributed by atoms with E-state index in [-0.39, 0.29) is 11.4 Å².